The molecule has 0 saturated heterocycles. The Labute approximate surface area is 89.4 Å². The molecule has 14 heavy (non-hydrogen) atoms. The van der Waals surface area contributed by atoms with Gasteiger partial charge in [-0.25, -0.2) is 4.11 Å². The minimum atomic E-state index is -3.45. The second-order valence-corrected chi connectivity index (χ2v) is 15.5. The molecule has 0 N–H and O–H groups in total. The van der Waals surface area contributed by atoms with E-state index in [1.807, 2.05) is 13.1 Å². The number of halogens is 1. The largest absolute Gasteiger partial charge is 0.527 e. The zero-order chi connectivity index (χ0) is 11.6. The van der Waals surface area contributed by atoms with Crippen LogP contribution in [0.15, 0.2) is 0 Å². The molecule has 0 amide bonds. The highest BCUT2D eigenvalue weighted by molar-refractivity contribution is 6.85. The van der Waals surface area contributed by atoms with E-state index in [1.165, 1.54) is 13.7 Å². The van der Waals surface area contributed by atoms with E-state index in [1.54, 1.807) is 0 Å². The molecule has 86 valence electrons. The smallest absolute Gasteiger partial charge is 0.437 e. The van der Waals surface area contributed by atoms with Crippen LogP contribution in [0.2, 0.25) is 39.3 Å². The topological polar surface area (TPSA) is 27.7 Å². The third-order valence-corrected chi connectivity index (χ3v) is 9.91. The second-order valence-electron chi connectivity index (χ2n) is 4.76. The summed E-state index contributed by atoms with van der Waals surface area (Å²) in [6.45, 7) is 11.3. The van der Waals surface area contributed by atoms with Crippen molar-refractivity contribution < 1.29 is 16.8 Å². The van der Waals surface area contributed by atoms with Gasteiger partial charge in [0.1, 0.15) is 0 Å². The van der Waals surface area contributed by atoms with Gasteiger partial charge in [-0.3, -0.25) is 0 Å². The maximum Gasteiger partial charge on any atom is 0.527 e. The predicted octanol–water partition coefficient (Wildman–Crippen LogP) is 2.74. The van der Waals surface area contributed by atoms with E-state index in [4.69, 9.17) is 12.7 Å². The van der Waals surface area contributed by atoms with Gasteiger partial charge in [0, 0.05) is 13.7 Å². The van der Waals surface area contributed by atoms with Crippen molar-refractivity contribution in [3.63, 3.8) is 0 Å². The predicted molar refractivity (Wildman–Crippen MR) is 62.7 cm³/mol. The molecule has 7 heteroatoms. The van der Waals surface area contributed by atoms with E-state index in [2.05, 4.69) is 19.6 Å². The van der Waals surface area contributed by atoms with Crippen molar-refractivity contribution in [3.8, 4) is 0 Å². The van der Waals surface area contributed by atoms with E-state index in [0.717, 1.165) is 0 Å². The molecule has 0 aliphatic heterocycles. The normalized spacial score (nSPS) is 18.0. The van der Waals surface area contributed by atoms with E-state index < -0.39 is 25.8 Å². The molecular formula is C7H21FO3Si3. The first-order valence-electron chi connectivity index (χ1n) is 4.62. The first-order chi connectivity index (χ1) is 5.97. The summed E-state index contributed by atoms with van der Waals surface area (Å²) >= 11 is 0. The zero-order valence-corrected chi connectivity index (χ0v) is 13.1. The lowest BCUT2D eigenvalue weighted by atomic mass is 11.8. The van der Waals surface area contributed by atoms with E-state index >= 15 is 0 Å². The Kier molecular flexibility index (Phi) is 4.69. The molecule has 0 saturated carbocycles. The molecule has 0 aliphatic rings. The summed E-state index contributed by atoms with van der Waals surface area (Å²) in [7, 11) is -6.16. The van der Waals surface area contributed by atoms with E-state index in [0.29, 0.717) is 0 Å². The van der Waals surface area contributed by atoms with Crippen LogP contribution in [0.3, 0.4) is 0 Å². The highest BCUT2D eigenvalue weighted by Crippen LogP contribution is 2.20. The Morgan fingerprint density at radius 1 is 0.857 bits per heavy atom. The van der Waals surface area contributed by atoms with Crippen molar-refractivity contribution >= 4 is 25.8 Å². The monoisotopic (exact) mass is 256 g/mol. The Morgan fingerprint density at radius 3 is 1.57 bits per heavy atom. The molecule has 1 atom stereocenters. The molecule has 0 rings (SSSR count). The van der Waals surface area contributed by atoms with Crippen molar-refractivity contribution in [2.45, 2.75) is 39.3 Å². The second kappa shape index (κ2) is 4.54. The van der Waals surface area contributed by atoms with Crippen LogP contribution in [0, 0.1) is 0 Å². The Morgan fingerprint density at radius 2 is 1.29 bits per heavy atom. The molecule has 0 fully saturated rings. The SMILES string of the molecule is CO[Si](C)(F)O[Si](C)(C)O[Si](C)(C)C. The van der Waals surface area contributed by atoms with Gasteiger partial charge in [-0.05, 0) is 32.7 Å². The standard InChI is InChI=1S/C7H21FO3Si3/c1-9-14(7,8)11-13(5,6)10-12(2,3)4/h1-7H3. The van der Waals surface area contributed by atoms with E-state index in [-0.39, 0.29) is 0 Å². The van der Waals surface area contributed by atoms with Gasteiger partial charge in [0.2, 0.25) is 0 Å². The average molecular weight is 256 g/mol. The lowest BCUT2D eigenvalue weighted by molar-refractivity contribution is 0.226. The molecule has 0 radical (unpaired) electrons. The highest BCUT2D eigenvalue weighted by atomic mass is 28.5. The quantitative estimate of drug-likeness (QED) is 0.559. The van der Waals surface area contributed by atoms with Crippen molar-refractivity contribution in [2.24, 2.45) is 0 Å². The lowest BCUT2D eigenvalue weighted by Gasteiger charge is -2.33. The fourth-order valence-electron chi connectivity index (χ4n) is 1.24. The fraction of sp³-hybridized carbons (Fsp3) is 1.00. The van der Waals surface area contributed by atoms with Crippen LogP contribution in [0.25, 0.3) is 0 Å². The molecule has 1 unspecified atom stereocenters. The van der Waals surface area contributed by atoms with Crippen molar-refractivity contribution in [2.75, 3.05) is 7.11 Å². The van der Waals surface area contributed by atoms with Crippen molar-refractivity contribution in [3.05, 3.63) is 0 Å². The number of hydrogen-bond acceptors (Lipinski definition) is 3. The summed E-state index contributed by atoms with van der Waals surface area (Å²) < 4.78 is 29.4. The maximum atomic E-state index is 13.6. The van der Waals surface area contributed by atoms with E-state index in [9.17, 15) is 4.11 Å². The van der Waals surface area contributed by atoms with Crippen LogP contribution >= 0.6 is 0 Å². The average Bonchev–Trinajstić information content (AvgIpc) is 1.78. The molecule has 0 bridgehead atoms. The van der Waals surface area contributed by atoms with Crippen LogP contribution in [0.5, 0.6) is 0 Å². The third-order valence-electron chi connectivity index (χ3n) is 1.34. The van der Waals surface area contributed by atoms with Gasteiger partial charge in [-0.15, -0.1) is 0 Å². The first kappa shape index (κ1) is 14.5. The maximum absolute atomic E-state index is 13.6. The van der Waals surface area contributed by atoms with Crippen LogP contribution in [0.4, 0.5) is 4.11 Å². The third kappa shape index (κ3) is 6.85. The number of rotatable bonds is 5. The van der Waals surface area contributed by atoms with Gasteiger partial charge in [0.15, 0.2) is 8.32 Å². The Balaban J connectivity index is 4.35. The van der Waals surface area contributed by atoms with Crippen molar-refractivity contribution in [1.82, 2.24) is 0 Å². The first-order valence-corrected chi connectivity index (χ1v) is 13.0. The van der Waals surface area contributed by atoms with Gasteiger partial charge in [-0.2, -0.15) is 0 Å². The highest BCUT2D eigenvalue weighted by Gasteiger charge is 2.42. The summed E-state index contributed by atoms with van der Waals surface area (Å²) in [5.74, 6) is 0. The molecule has 0 aromatic carbocycles. The molecular weight excluding hydrogens is 235 g/mol. The summed E-state index contributed by atoms with van der Waals surface area (Å²) in [4.78, 5) is 0. The van der Waals surface area contributed by atoms with Crippen LogP contribution < -0.4 is 0 Å². The molecule has 0 aromatic heterocycles. The molecule has 0 spiro atoms. The number of hydrogen-bond donors (Lipinski definition) is 0. The van der Waals surface area contributed by atoms with Crippen molar-refractivity contribution in [1.29, 1.82) is 0 Å². The summed E-state index contributed by atoms with van der Waals surface area (Å²) in [5, 5.41) is 0. The summed E-state index contributed by atoms with van der Waals surface area (Å²) in [5.41, 5.74) is 0. The molecule has 0 aromatic rings. The summed E-state index contributed by atoms with van der Waals surface area (Å²) in [6.07, 6.45) is 0. The molecule has 0 heterocycles. The van der Waals surface area contributed by atoms with Gasteiger partial charge in [0.25, 0.3) is 0 Å². The lowest BCUT2D eigenvalue weighted by Crippen LogP contribution is -2.51. The summed E-state index contributed by atoms with van der Waals surface area (Å²) in [6, 6.07) is 0. The minimum absolute atomic E-state index is 1.34. The van der Waals surface area contributed by atoms with Crippen LogP contribution in [-0.2, 0) is 12.7 Å². The van der Waals surface area contributed by atoms with Crippen LogP contribution in [0.1, 0.15) is 0 Å². The minimum Gasteiger partial charge on any atom is -0.437 e. The Bertz CT molecular complexity index is 191. The molecule has 3 nitrogen and oxygen atoms in total. The van der Waals surface area contributed by atoms with Gasteiger partial charge < -0.3 is 12.7 Å². The Hall–Kier alpha value is 0.461. The van der Waals surface area contributed by atoms with Gasteiger partial charge in [-0.1, -0.05) is 0 Å². The molecule has 0 aliphatic carbocycles. The fourth-order valence-corrected chi connectivity index (χ4v) is 11.5. The van der Waals surface area contributed by atoms with Crippen LogP contribution in [-0.4, -0.2) is 32.9 Å². The zero-order valence-electron chi connectivity index (χ0n) is 10.1. The van der Waals surface area contributed by atoms with Gasteiger partial charge in [0.05, 0.1) is 0 Å². The van der Waals surface area contributed by atoms with Gasteiger partial charge >= 0.3 is 17.5 Å².